The minimum atomic E-state index is -0.991. The summed E-state index contributed by atoms with van der Waals surface area (Å²) in [6.07, 6.45) is -1.82. The van der Waals surface area contributed by atoms with Crippen molar-refractivity contribution in [3.63, 3.8) is 0 Å². The maximum Gasteiger partial charge on any atom is 0.251 e. The predicted octanol–water partition coefficient (Wildman–Crippen LogP) is -0.181. The highest BCUT2D eigenvalue weighted by atomic mass is 16.6. The number of aliphatic hydroxyl groups is 2. The summed E-state index contributed by atoms with van der Waals surface area (Å²) in [6, 6.07) is 13.0. The average Bonchev–Trinajstić information content (AvgIpc) is 3.19. The Balaban J connectivity index is 1.33. The molecule has 2 amide bonds. The van der Waals surface area contributed by atoms with Gasteiger partial charge in [-0.15, -0.1) is 0 Å². The molecule has 0 aliphatic carbocycles. The molecule has 2 aliphatic heterocycles. The normalized spacial score (nSPS) is 24.0. The van der Waals surface area contributed by atoms with Gasteiger partial charge in [-0.1, -0.05) is 30.3 Å². The van der Waals surface area contributed by atoms with Crippen LogP contribution in [0.1, 0.15) is 28.4 Å². The molecule has 0 radical (unpaired) electrons. The van der Waals surface area contributed by atoms with E-state index in [0.29, 0.717) is 18.2 Å². The number of aliphatic imine (C=N–C) groups is 1. The third-order valence-electron chi connectivity index (χ3n) is 5.42. The molecule has 11 nitrogen and oxygen atoms in total. The van der Waals surface area contributed by atoms with Crippen LogP contribution in [0.3, 0.4) is 0 Å². The van der Waals surface area contributed by atoms with Crippen LogP contribution >= 0.6 is 0 Å². The number of hydrogen-bond acceptors (Lipinski definition) is 9. The second-order valence-electron chi connectivity index (χ2n) is 8.13. The molecule has 0 aromatic heterocycles. The second kappa shape index (κ2) is 10.5. The zero-order valence-electron chi connectivity index (χ0n) is 18.3. The summed E-state index contributed by atoms with van der Waals surface area (Å²) in [7, 11) is 0. The van der Waals surface area contributed by atoms with Crippen molar-refractivity contribution in [3.05, 3.63) is 59.7 Å². The lowest BCUT2D eigenvalue weighted by Crippen LogP contribution is -2.43. The summed E-state index contributed by atoms with van der Waals surface area (Å²) in [5.74, 6) is -0.713. The van der Waals surface area contributed by atoms with Gasteiger partial charge >= 0.3 is 0 Å². The quantitative estimate of drug-likeness (QED) is 0.306. The smallest absolute Gasteiger partial charge is 0.251 e. The highest BCUT2D eigenvalue weighted by molar-refractivity contribution is 6.00. The fourth-order valence-electron chi connectivity index (χ4n) is 3.84. The molecule has 2 aliphatic rings. The van der Waals surface area contributed by atoms with Crippen LogP contribution in [0.2, 0.25) is 0 Å². The van der Waals surface area contributed by atoms with Gasteiger partial charge in [0.25, 0.3) is 5.91 Å². The summed E-state index contributed by atoms with van der Waals surface area (Å²) < 4.78 is 5.54. The number of phenols is 1. The third kappa shape index (κ3) is 6.01. The Bertz CT molecular complexity index is 1060. The topological polar surface area (TPSA) is 165 Å². The largest absolute Gasteiger partial charge is 0.508 e. The number of rotatable bonds is 6. The summed E-state index contributed by atoms with van der Waals surface area (Å²) >= 11 is 0. The number of benzene rings is 2. The van der Waals surface area contributed by atoms with Gasteiger partial charge in [0.2, 0.25) is 5.91 Å². The lowest BCUT2D eigenvalue weighted by atomic mass is 10.0. The standard InChI is InChI=1S/C23H27N5O6/c29-16-7-14(6-15(8-16)27-23-25-10-17(30)11-26-23)22(33)24-12-19(31)28-18-9-20(32)34-21(18)13-4-2-1-3-5-13/h1-8,17-18,20-21,29-30,32H,9-12H2,(H,24,33)(H,28,31)(H2,25,26,27). The van der Waals surface area contributed by atoms with Crippen LogP contribution in [-0.4, -0.2) is 71.2 Å². The lowest BCUT2D eigenvalue weighted by Gasteiger charge is -2.20. The molecule has 2 heterocycles. The number of hydrogen-bond donors (Lipinski definition) is 7. The maximum atomic E-state index is 12.6. The Kier molecular flexibility index (Phi) is 7.26. The molecular weight excluding hydrogens is 442 g/mol. The van der Waals surface area contributed by atoms with E-state index >= 15 is 0 Å². The van der Waals surface area contributed by atoms with Gasteiger partial charge in [-0.2, -0.15) is 0 Å². The first-order valence-electron chi connectivity index (χ1n) is 10.9. The van der Waals surface area contributed by atoms with Gasteiger partial charge in [-0.3, -0.25) is 14.6 Å². The number of amides is 2. The zero-order chi connectivity index (χ0) is 24.1. The molecule has 4 rings (SSSR count). The van der Waals surface area contributed by atoms with Gasteiger partial charge < -0.3 is 41.3 Å². The molecule has 1 fully saturated rings. The fourth-order valence-corrected chi connectivity index (χ4v) is 3.84. The van der Waals surface area contributed by atoms with Crippen LogP contribution in [0.25, 0.3) is 0 Å². The average molecular weight is 469 g/mol. The Hall–Kier alpha value is -3.67. The number of aromatic hydroxyl groups is 1. The van der Waals surface area contributed by atoms with Crippen LogP contribution in [0.15, 0.2) is 53.5 Å². The van der Waals surface area contributed by atoms with Gasteiger partial charge in [0, 0.05) is 30.3 Å². The first-order valence-corrected chi connectivity index (χ1v) is 10.9. The number of guanidine groups is 1. The highest BCUT2D eigenvalue weighted by Gasteiger charge is 2.36. The van der Waals surface area contributed by atoms with E-state index in [4.69, 9.17) is 4.74 Å². The minimum absolute atomic E-state index is 0.140. The van der Waals surface area contributed by atoms with Crippen molar-refractivity contribution in [2.24, 2.45) is 4.99 Å². The number of anilines is 1. The number of carbonyl (C=O) groups excluding carboxylic acids is 2. The van der Waals surface area contributed by atoms with Crippen LogP contribution in [0, 0.1) is 0 Å². The van der Waals surface area contributed by atoms with E-state index in [0.717, 1.165) is 5.56 Å². The van der Waals surface area contributed by atoms with Crippen molar-refractivity contribution in [2.75, 3.05) is 25.0 Å². The van der Waals surface area contributed by atoms with Crippen LogP contribution in [0.5, 0.6) is 5.75 Å². The zero-order valence-corrected chi connectivity index (χ0v) is 18.3. The van der Waals surface area contributed by atoms with Crippen molar-refractivity contribution >= 4 is 23.5 Å². The first-order chi connectivity index (χ1) is 16.4. The van der Waals surface area contributed by atoms with E-state index in [1.165, 1.54) is 18.2 Å². The van der Waals surface area contributed by atoms with Crippen molar-refractivity contribution in [3.8, 4) is 5.75 Å². The van der Waals surface area contributed by atoms with Crippen LogP contribution in [0.4, 0.5) is 5.69 Å². The Morgan fingerprint density at radius 3 is 2.68 bits per heavy atom. The minimum Gasteiger partial charge on any atom is -0.508 e. The Morgan fingerprint density at radius 2 is 1.94 bits per heavy atom. The molecule has 34 heavy (non-hydrogen) atoms. The fraction of sp³-hybridized carbons (Fsp3) is 0.348. The van der Waals surface area contributed by atoms with E-state index < -0.39 is 36.4 Å². The molecule has 1 saturated heterocycles. The van der Waals surface area contributed by atoms with Crippen molar-refractivity contribution < 1.29 is 29.6 Å². The maximum absolute atomic E-state index is 12.6. The number of β-amino-alcohol motifs (C(OH)–C–C–N with tert-alkyl or cyclic N) is 1. The van der Waals surface area contributed by atoms with E-state index in [2.05, 4.69) is 26.3 Å². The molecule has 2 aromatic rings. The number of ether oxygens (including phenoxy) is 1. The lowest BCUT2D eigenvalue weighted by molar-refractivity contribution is -0.121. The molecule has 0 bridgehead atoms. The summed E-state index contributed by atoms with van der Waals surface area (Å²) in [4.78, 5) is 29.2. The molecule has 7 N–H and O–H groups in total. The molecule has 180 valence electrons. The highest BCUT2D eigenvalue weighted by Crippen LogP contribution is 2.32. The van der Waals surface area contributed by atoms with E-state index in [1.54, 1.807) is 0 Å². The van der Waals surface area contributed by atoms with Gasteiger partial charge in [0.1, 0.15) is 11.9 Å². The molecule has 11 heteroatoms. The van der Waals surface area contributed by atoms with Gasteiger partial charge in [0.05, 0.1) is 25.2 Å². The van der Waals surface area contributed by atoms with E-state index in [-0.39, 0.29) is 30.8 Å². The van der Waals surface area contributed by atoms with E-state index in [1.807, 2.05) is 30.3 Å². The van der Waals surface area contributed by atoms with Crippen molar-refractivity contribution in [1.29, 1.82) is 0 Å². The predicted molar refractivity (Wildman–Crippen MR) is 123 cm³/mol. The number of nitrogens with zero attached hydrogens (tertiary/aromatic N) is 1. The van der Waals surface area contributed by atoms with Crippen LogP contribution in [-0.2, 0) is 9.53 Å². The number of nitrogens with one attached hydrogen (secondary N) is 4. The monoisotopic (exact) mass is 469 g/mol. The number of phenolic OH excluding ortho intramolecular Hbond substituents is 1. The Morgan fingerprint density at radius 1 is 1.15 bits per heavy atom. The van der Waals surface area contributed by atoms with Gasteiger partial charge in [-0.25, -0.2) is 0 Å². The second-order valence-corrected chi connectivity index (χ2v) is 8.13. The van der Waals surface area contributed by atoms with Crippen molar-refractivity contribution in [2.45, 2.75) is 31.0 Å². The summed E-state index contributed by atoms with van der Waals surface area (Å²) in [5, 5.41) is 40.6. The number of aliphatic hydroxyl groups excluding tert-OH is 2. The van der Waals surface area contributed by atoms with Crippen LogP contribution < -0.4 is 21.3 Å². The van der Waals surface area contributed by atoms with Gasteiger partial charge in [0.15, 0.2) is 12.2 Å². The summed E-state index contributed by atoms with van der Waals surface area (Å²) in [6.45, 7) is 0.281. The molecule has 2 aromatic carbocycles. The molecule has 0 spiro atoms. The third-order valence-corrected chi connectivity index (χ3v) is 5.42. The SMILES string of the molecule is O=C(CNC(=O)c1cc(O)cc(NC2=NCC(O)CN2)c1)NC1CC(O)OC1c1ccccc1. The molecule has 4 atom stereocenters. The Labute approximate surface area is 195 Å². The summed E-state index contributed by atoms with van der Waals surface area (Å²) in [5.41, 5.74) is 1.40. The van der Waals surface area contributed by atoms with Crippen molar-refractivity contribution in [1.82, 2.24) is 16.0 Å². The molecular formula is C23H27N5O6. The molecule has 0 saturated carbocycles. The molecule has 4 unspecified atom stereocenters. The first kappa shape index (κ1) is 23.5. The number of carbonyl (C=O) groups is 2. The van der Waals surface area contributed by atoms with E-state index in [9.17, 15) is 24.9 Å². The van der Waals surface area contributed by atoms with Gasteiger partial charge in [-0.05, 0) is 17.7 Å².